The minimum atomic E-state index is -1.34. The molecule has 0 atom stereocenters. The van der Waals surface area contributed by atoms with Gasteiger partial charge in [0.1, 0.15) is 0 Å². The molecule has 0 fully saturated rings. The maximum absolute atomic E-state index is 4.67. The van der Waals surface area contributed by atoms with Gasteiger partial charge in [-0.25, -0.2) is 0 Å². The van der Waals surface area contributed by atoms with Gasteiger partial charge in [0, 0.05) is 0 Å². The van der Waals surface area contributed by atoms with Crippen molar-refractivity contribution in [2.24, 2.45) is 0 Å². The van der Waals surface area contributed by atoms with E-state index in [0.29, 0.717) is 0 Å². The first-order valence-corrected chi connectivity index (χ1v) is 10.6. The second kappa shape index (κ2) is 4.47. The van der Waals surface area contributed by atoms with Gasteiger partial charge in [-0.3, -0.25) is 0 Å². The van der Waals surface area contributed by atoms with Crippen LogP contribution in [0.1, 0.15) is 25.0 Å². The topological polar surface area (TPSA) is 16.1 Å². The first kappa shape index (κ1) is 12.9. The number of rotatable bonds is 1. The van der Waals surface area contributed by atoms with Crippen LogP contribution in [0.25, 0.3) is 0 Å². The van der Waals surface area contributed by atoms with Crippen LogP contribution in [0.2, 0.25) is 0 Å². The fraction of sp³-hybridized carbons (Fsp3) is 0.312. The quantitative estimate of drug-likeness (QED) is 0.408. The van der Waals surface area contributed by atoms with E-state index in [1.54, 1.807) is 0 Å². The molecule has 0 saturated heterocycles. The number of hydrogen-bond donors (Lipinski definition) is 0. The Bertz CT molecular complexity index is 622. The number of alkyl halides is 2. The third-order valence-corrected chi connectivity index (χ3v) is 10.8. The number of nitrogens with zero attached hydrogens (tertiary/aromatic N) is 2. The van der Waals surface area contributed by atoms with Crippen molar-refractivity contribution in [1.29, 1.82) is 0 Å². The number of halogens is 1. The van der Waals surface area contributed by atoms with Crippen LogP contribution in [0.5, 0.6) is 0 Å². The Morgan fingerprint density at radius 2 is 1.84 bits per heavy atom. The second-order valence-corrected chi connectivity index (χ2v) is 11.5. The molecule has 2 nitrogen and oxygen atoms in total. The second-order valence-electron chi connectivity index (χ2n) is 5.36. The van der Waals surface area contributed by atoms with Gasteiger partial charge in [0.15, 0.2) is 0 Å². The van der Waals surface area contributed by atoms with E-state index in [2.05, 4.69) is 70.2 Å². The Hall–Kier alpha value is -1.10. The van der Waals surface area contributed by atoms with E-state index in [0.717, 1.165) is 0 Å². The molecule has 100 valence electrons. The molecule has 0 radical (unpaired) electrons. The van der Waals surface area contributed by atoms with Crippen molar-refractivity contribution >= 4 is 31.6 Å². The third-order valence-electron chi connectivity index (χ3n) is 3.88. The molecule has 1 aromatic carbocycles. The summed E-state index contributed by atoms with van der Waals surface area (Å²) in [7, 11) is 0. The van der Waals surface area contributed by atoms with E-state index in [9.17, 15) is 0 Å². The Morgan fingerprint density at radius 3 is 2.58 bits per heavy atom. The summed E-state index contributed by atoms with van der Waals surface area (Å²) in [5, 5.41) is 0. The molecule has 1 aromatic heterocycles. The van der Waals surface area contributed by atoms with Crippen LogP contribution >= 0.6 is 20.1 Å². The average molecular weight is 366 g/mol. The van der Waals surface area contributed by atoms with Crippen LogP contribution < -0.4 is 3.11 Å². The van der Waals surface area contributed by atoms with Gasteiger partial charge in [0.2, 0.25) is 0 Å². The van der Waals surface area contributed by atoms with Crippen molar-refractivity contribution < 1.29 is 0 Å². The Kier molecular flexibility index (Phi) is 3.04. The van der Waals surface area contributed by atoms with Crippen LogP contribution in [-0.4, -0.2) is 9.91 Å². The first-order valence-electron chi connectivity index (χ1n) is 6.45. The summed E-state index contributed by atoms with van der Waals surface area (Å²) in [4.78, 5) is 7.11. The molecular formula is C16H19IN2. The molecule has 3 rings (SSSR count). The predicted octanol–water partition coefficient (Wildman–Crippen LogP) is 4.83. The zero-order chi connectivity index (χ0) is 13.6. The van der Waals surface area contributed by atoms with Crippen molar-refractivity contribution in [3.63, 3.8) is 0 Å². The van der Waals surface area contributed by atoms with Crippen molar-refractivity contribution in [1.82, 2.24) is 4.98 Å². The van der Waals surface area contributed by atoms with Gasteiger partial charge in [0.05, 0.1) is 0 Å². The van der Waals surface area contributed by atoms with Gasteiger partial charge in [-0.15, -0.1) is 0 Å². The van der Waals surface area contributed by atoms with Gasteiger partial charge < -0.3 is 0 Å². The average Bonchev–Trinajstić information content (AvgIpc) is 2.60. The molecule has 0 unspecified atom stereocenters. The number of hydrogen-bond acceptors (Lipinski definition) is 2. The van der Waals surface area contributed by atoms with E-state index in [4.69, 9.17) is 0 Å². The number of anilines is 2. The molecule has 0 aliphatic carbocycles. The molecule has 0 N–H and O–H groups in total. The molecule has 2 aromatic rings. The SMILES string of the molecule is Cc1ccccc1N1c2ncccc2C(C)(C)I1C. The van der Waals surface area contributed by atoms with Gasteiger partial charge in [0.25, 0.3) is 0 Å². The molecule has 0 spiro atoms. The molecule has 0 saturated carbocycles. The van der Waals surface area contributed by atoms with Crippen LogP contribution in [0.15, 0.2) is 42.6 Å². The van der Waals surface area contributed by atoms with Gasteiger partial charge in [-0.1, -0.05) is 0 Å². The summed E-state index contributed by atoms with van der Waals surface area (Å²) in [6.45, 7) is 6.93. The Morgan fingerprint density at radius 1 is 1.11 bits per heavy atom. The molecule has 1 aliphatic heterocycles. The van der Waals surface area contributed by atoms with Crippen molar-refractivity contribution in [3.05, 3.63) is 53.7 Å². The van der Waals surface area contributed by atoms with Crippen molar-refractivity contribution in [2.45, 2.75) is 24.2 Å². The van der Waals surface area contributed by atoms with E-state index in [-0.39, 0.29) is 3.42 Å². The zero-order valence-corrected chi connectivity index (χ0v) is 14.0. The number of pyridine rings is 1. The van der Waals surface area contributed by atoms with Crippen LogP contribution in [0.3, 0.4) is 0 Å². The summed E-state index contributed by atoms with van der Waals surface area (Å²) >= 11 is -1.34. The number of benzene rings is 1. The first-order chi connectivity index (χ1) is 9.03. The summed E-state index contributed by atoms with van der Waals surface area (Å²) < 4.78 is 2.81. The van der Waals surface area contributed by atoms with Gasteiger partial charge in [-0.2, -0.15) is 0 Å². The number of fused-ring (bicyclic) bond motifs is 1. The van der Waals surface area contributed by atoms with Gasteiger partial charge in [-0.05, 0) is 0 Å². The minimum absolute atomic E-state index is 0.274. The van der Waals surface area contributed by atoms with Crippen LogP contribution in [0, 0.1) is 6.92 Å². The zero-order valence-electron chi connectivity index (χ0n) is 11.8. The number of para-hydroxylation sites is 1. The van der Waals surface area contributed by atoms with Gasteiger partial charge >= 0.3 is 123 Å². The van der Waals surface area contributed by atoms with Crippen LogP contribution in [-0.2, 0) is 3.42 Å². The summed E-state index contributed by atoms with van der Waals surface area (Å²) in [6, 6.07) is 12.9. The van der Waals surface area contributed by atoms with Crippen molar-refractivity contribution in [2.75, 3.05) is 8.04 Å². The van der Waals surface area contributed by atoms with E-state index in [1.165, 1.54) is 22.6 Å². The molecule has 1 aliphatic rings. The Labute approximate surface area is 122 Å². The molecule has 2 heterocycles. The molecule has 0 amide bonds. The molecule has 19 heavy (non-hydrogen) atoms. The summed E-state index contributed by atoms with van der Waals surface area (Å²) in [6.07, 6.45) is 1.91. The summed E-state index contributed by atoms with van der Waals surface area (Å²) in [5.74, 6) is 1.18. The number of aromatic nitrogens is 1. The fourth-order valence-corrected chi connectivity index (χ4v) is 7.39. The molecule has 0 bridgehead atoms. The molecule has 3 heteroatoms. The normalized spacial score (nSPS) is 18.5. The Balaban J connectivity index is 2.21. The third kappa shape index (κ3) is 1.86. The van der Waals surface area contributed by atoms with E-state index in [1.807, 2.05) is 6.20 Å². The van der Waals surface area contributed by atoms with E-state index >= 15 is 0 Å². The standard InChI is InChI=1S/C16H19IN2/c1-12-8-5-6-10-14(12)19-15-13(9-7-11-18-15)16(2,3)17(19)4/h5-11H,1-4H3. The van der Waals surface area contributed by atoms with E-state index < -0.39 is 20.1 Å². The summed E-state index contributed by atoms with van der Waals surface area (Å²) in [5.41, 5.74) is 4.08. The van der Waals surface area contributed by atoms with Crippen LogP contribution in [0.4, 0.5) is 11.5 Å². The fourth-order valence-electron chi connectivity index (χ4n) is 2.53. The number of aryl methyl sites for hydroxylation is 1. The molecular weight excluding hydrogens is 347 g/mol. The predicted molar refractivity (Wildman–Crippen MR) is 90.5 cm³/mol. The monoisotopic (exact) mass is 366 g/mol. The van der Waals surface area contributed by atoms with Crippen molar-refractivity contribution in [3.8, 4) is 0 Å². The maximum atomic E-state index is 4.67.